The molecule has 0 bridgehead atoms. The first-order valence-corrected chi connectivity index (χ1v) is 4.94. The Hall–Kier alpha value is -1.02. The van der Waals surface area contributed by atoms with E-state index >= 15 is 0 Å². The highest BCUT2D eigenvalue weighted by Gasteiger charge is 2.07. The molecular weight excluding hydrogens is 200 g/mol. The molecule has 0 atom stereocenters. The summed E-state index contributed by atoms with van der Waals surface area (Å²) in [7, 11) is 0. The van der Waals surface area contributed by atoms with Crippen molar-refractivity contribution in [2.24, 2.45) is 0 Å². The fraction of sp³-hybridized carbons (Fsp3) is 0.364. The molecule has 14 heavy (non-hydrogen) atoms. The third-order valence-electron chi connectivity index (χ3n) is 2.33. The van der Waals surface area contributed by atoms with Gasteiger partial charge in [-0.25, -0.2) is 0 Å². The van der Waals surface area contributed by atoms with Gasteiger partial charge in [-0.2, -0.15) is 0 Å². The van der Waals surface area contributed by atoms with E-state index in [1.165, 1.54) is 0 Å². The molecule has 0 spiro atoms. The van der Waals surface area contributed by atoms with Gasteiger partial charge >= 0.3 is 5.97 Å². The summed E-state index contributed by atoms with van der Waals surface area (Å²) in [4.78, 5) is 10.6. The molecule has 0 heterocycles. The minimum atomic E-state index is -0.806. The SMILES string of the molecule is Cc1cc(CCl)cc(CC(=O)O)c1C. The van der Waals surface area contributed by atoms with Crippen LogP contribution in [-0.2, 0) is 17.1 Å². The number of halogens is 1. The first-order chi connectivity index (χ1) is 6.54. The molecule has 0 saturated carbocycles. The standard InChI is InChI=1S/C11H13ClO2/c1-7-3-9(6-12)4-10(8(7)2)5-11(13)14/h3-4H,5-6H2,1-2H3,(H,13,14). The van der Waals surface area contributed by atoms with E-state index in [0.717, 1.165) is 22.3 Å². The van der Waals surface area contributed by atoms with Gasteiger partial charge in [0.25, 0.3) is 0 Å². The van der Waals surface area contributed by atoms with Crippen LogP contribution in [0.1, 0.15) is 22.3 Å². The van der Waals surface area contributed by atoms with Crippen LogP contribution in [0.2, 0.25) is 0 Å². The fourth-order valence-corrected chi connectivity index (χ4v) is 1.59. The van der Waals surface area contributed by atoms with Gasteiger partial charge in [0, 0.05) is 5.88 Å². The minimum Gasteiger partial charge on any atom is -0.481 e. The summed E-state index contributed by atoms with van der Waals surface area (Å²) in [6.45, 7) is 3.91. The first kappa shape index (κ1) is 11.1. The molecule has 0 aliphatic heterocycles. The van der Waals surface area contributed by atoms with Crippen LogP contribution in [-0.4, -0.2) is 11.1 Å². The van der Waals surface area contributed by atoms with E-state index < -0.39 is 5.97 Å². The second kappa shape index (κ2) is 4.47. The zero-order valence-corrected chi connectivity index (χ0v) is 9.06. The van der Waals surface area contributed by atoms with Crippen molar-refractivity contribution in [1.29, 1.82) is 0 Å². The normalized spacial score (nSPS) is 10.2. The molecule has 0 aliphatic carbocycles. The molecule has 76 valence electrons. The molecule has 0 aromatic heterocycles. The molecule has 1 aromatic rings. The number of rotatable bonds is 3. The summed E-state index contributed by atoms with van der Waals surface area (Å²) in [5.74, 6) is -0.382. The van der Waals surface area contributed by atoms with Crippen molar-refractivity contribution in [3.63, 3.8) is 0 Å². The Morgan fingerprint density at radius 2 is 2.07 bits per heavy atom. The third-order valence-corrected chi connectivity index (χ3v) is 2.64. The molecule has 1 N–H and O–H groups in total. The molecule has 0 unspecified atom stereocenters. The van der Waals surface area contributed by atoms with Gasteiger partial charge in [0.2, 0.25) is 0 Å². The summed E-state index contributed by atoms with van der Waals surface area (Å²) in [6, 6.07) is 3.86. The lowest BCUT2D eigenvalue weighted by Crippen LogP contribution is -2.03. The predicted molar refractivity (Wildman–Crippen MR) is 56.8 cm³/mol. The molecule has 0 fully saturated rings. The maximum atomic E-state index is 10.6. The first-order valence-electron chi connectivity index (χ1n) is 4.41. The topological polar surface area (TPSA) is 37.3 Å². The van der Waals surface area contributed by atoms with Gasteiger partial charge in [-0.05, 0) is 36.1 Å². The van der Waals surface area contributed by atoms with Crippen LogP contribution >= 0.6 is 11.6 Å². The van der Waals surface area contributed by atoms with E-state index in [4.69, 9.17) is 16.7 Å². The molecule has 0 radical (unpaired) electrons. The van der Waals surface area contributed by atoms with Gasteiger partial charge in [-0.15, -0.1) is 11.6 Å². The maximum absolute atomic E-state index is 10.6. The van der Waals surface area contributed by atoms with E-state index in [1.54, 1.807) is 0 Å². The van der Waals surface area contributed by atoms with Gasteiger partial charge in [0.15, 0.2) is 0 Å². The highest BCUT2D eigenvalue weighted by atomic mass is 35.5. The molecule has 3 heteroatoms. The van der Waals surface area contributed by atoms with E-state index in [0.29, 0.717) is 5.88 Å². The molecule has 2 nitrogen and oxygen atoms in total. The van der Waals surface area contributed by atoms with Crippen molar-refractivity contribution < 1.29 is 9.90 Å². The van der Waals surface area contributed by atoms with Crippen LogP contribution in [0, 0.1) is 13.8 Å². The van der Waals surface area contributed by atoms with Gasteiger partial charge in [0.05, 0.1) is 6.42 Å². The predicted octanol–water partition coefficient (Wildman–Crippen LogP) is 2.67. The number of alkyl halides is 1. The number of hydrogen-bond acceptors (Lipinski definition) is 1. The lowest BCUT2D eigenvalue weighted by atomic mass is 9.98. The van der Waals surface area contributed by atoms with Crippen molar-refractivity contribution in [2.75, 3.05) is 0 Å². The molecule has 1 aromatic carbocycles. The summed E-state index contributed by atoms with van der Waals surface area (Å²) in [5, 5.41) is 8.71. The summed E-state index contributed by atoms with van der Waals surface area (Å²) in [6.07, 6.45) is 0.0669. The van der Waals surface area contributed by atoms with Gasteiger partial charge in [-0.3, -0.25) is 4.79 Å². The molecule has 0 aliphatic rings. The zero-order chi connectivity index (χ0) is 10.7. The van der Waals surface area contributed by atoms with Crippen LogP contribution in [0.3, 0.4) is 0 Å². The van der Waals surface area contributed by atoms with Gasteiger partial charge in [0.1, 0.15) is 0 Å². The lowest BCUT2D eigenvalue weighted by Gasteiger charge is -2.09. The van der Waals surface area contributed by atoms with Crippen molar-refractivity contribution >= 4 is 17.6 Å². The largest absolute Gasteiger partial charge is 0.481 e. The Bertz CT molecular complexity index is 359. The Morgan fingerprint density at radius 1 is 1.43 bits per heavy atom. The van der Waals surface area contributed by atoms with Crippen LogP contribution in [0.5, 0.6) is 0 Å². The zero-order valence-electron chi connectivity index (χ0n) is 8.30. The van der Waals surface area contributed by atoms with Crippen LogP contribution < -0.4 is 0 Å². The average molecular weight is 213 g/mol. The number of carboxylic acid groups (broad SMARTS) is 1. The number of carbonyl (C=O) groups is 1. The van der Waals surface area contributed by atoms with Crippen LogP contribution in [0.4, 0.5) is 0 Å². The Labute approximate surface area is 88.5 Å². The number of hydrogen-bond donors (Lipinski definition) is 1. The van der Waals surface area contributed by atoms with Crippen LogP contribution in [0.15, 0.2) is 12.1 Å². The lowest BCUT2D eigenvalue weighted by molar-refractivity contribution is -0.136. The molecular formula is C11H13ClO2. The van der Waals surface area contributed by atoms with E-state index in [-0.39, 0.29) is 6.42 Å². The number of benzene rings is 1. The molecule has 0 saturated heterocycles. The van der Waals surface area contributed by atoms with Crippen LogP contribution in [0.25, 0.3) is 0 Å². The van der Waals surface area contributed by atoms with Crippen molar-refractivity contribution in [3.8, 4) is 0 Å². The monoisotopic (exact) mass is 212 g/mol. The Balaban J connectivity index is 3.13. The molecule has 1 rings (SSSR count). The Morgan fingerprint density at radius 3 is 2.57 bits per heavy atom. The summed E-state index contributed by atoms with van der Waals surface area (Å²) in [5.41, 5.74) is 3.97. The maximum Gasteiger partial charge on any atom is 0.307 e. The highest BCUT2D eigenvalue weighted by Crippen LogP contribution is 2.18. The summed E-state index contributed by atoms with van der Waals surface area (Å²) < 4.78 is 0. The Kier molecular flexibility index (Phi) is 3.53. The van der Waals surface area contributed by atoms with Gasteiger partial charge < -0.3 is 5.11 Å². The second-order valence-electron chi connectivity index (χ2n) is 3.40. The number of aryl methyl sites for hydroxylation is 1. The van der Waals surface area contributed by atoms with E-state index in [2.05, 4.69) is 0 Å². The fourth-order valence-electron chi connectivity index (χ4n) is 1.44. The van der Waals surface area contributed by atoms with Crippen molar-refractivity contribution in [3.05, 3.63) is 34.4 Å². The number of carboxylic acids is 1. The number of aliphatic carboxylic acids is 1. The summed E-state index contributed by atoms with van der Waals surface area (Å²) >= 11 is 5.71. The second-order valence-corrected chi connectivity index (χ2v) is 3.67. The van der Waals surface area contributed by atoms with Crippen molar-refractivity contribution in [2.45, 2.75) is 26.1 Å². The van der Waals surface area contributed by atoms with Crippen molar-refractivity contribution in [1.82, 2.24) is 0 Å². The van der Waals surface area contributed by atoms with E-state index in [1.807, 2.05) is 26.0 Å². The van der Waals surface area contributed by atoms with E-state index in [9.17, 15) is 4.79 Å². The quantitative estimate of drug-likeness (QED) is 0.783. The smallest absolute Gasteiger partial charge is 0.307 e. The average Bonchev–Trinajstić information content (AvgIpc) is 2.11. The van der Waals surface area contributed by atoms with Gasteiger partial charge in [-0.1, -0.05) is 12.1 Å². The highest BCUT2D eigenvalue weighted by molar-refractivity contribution is 6.17. The molecule has 0 amide bonds. The minimum absolute atomic E-state index is 0.0669. The third kappa shape index (κ3) is 2.48.